The molecule has 0 bridgehead atoms. The lowest BCUT2D eigenvalue weighted by Gasteiger charge is -2.42. The summed E-state index contributed by atoms with van der Waals surface area (Å²) in [5.74, 6) is 2.76. The van der Waals surface area contributed by atoms with Crippen LogP contribution in [0.1, 0.15) is 72.6 Å². The minimum atomic E-state index is -0.544. The fraction of sp³-hybridized carbons (Fsp3) is 0.857. The van der Waals surface area contributed by atoms with E-state index < -0.39 is 5.97 Å². The van der Waals surface area contributed by atoms with Crippen LogP contribution in [-0.2, 0) is 4.79 Å². The zero-order valence-electron chi connectivity index (χ0n) is 15.6. The Hall–Kier alpha value is -0.790. The van der Waals surface area contributed by atoms with Gasteiger partial charge in [0.05, 0.1) is 5.92 Å². The van der Waals surface area contributed by atoms with Crippen molar-refractivity contribution in [3.63, 3.8) is 0 Å². The van der Waals surface area contributed by atoms with E-state index in [0.717, 1.165) is 37.5 Å². The van der Waals surface area contributed by atoms with Gasteiger partial charge >= 0.3 is 5.97 Å². The molecule has 6 atom stereocenters. The Balaban J connectivity index is 2.07. The van der Waals surface area contributed by atoms with E-state index in [4.69, 9.17) is 0 Å². The summed E-state index contributed by atoms with van der Waals surface area (Å²) in [6.45, 7) is 13.2. The normalized spacial score (nSPS) is 36.7. The molecule has 0 aliphatic heterocycles. The van der Waals surface area contributed by atoms with Crippen LogP contribution in [0.15, 0.2) is 12.2 Å². The van der Waals surface area contributed by atoms with Crippen molar-refractivity contribution >= 4 is 5.97 Å². The van der Waals surface area contributed by atoms with E-state index in [0.29, 0.717) is 23.7 Å². The molecule has 2 fully saturated rings. The lowest BCUT2D eigenvalue weighted by atomic mass is 9.62. The molecule has 23 heavy (non-hydrogen) atoms. The third-order valence-corrected chi connectivity index (χ3v) is 6.85. The zero-order valence-corrected chi connectivity index (χ0v) is 15.6. The Morgan fingerprint density at radius 3 is 2.26 bits per heavy atom. The minimum absolute atomic E-state index is 0.132. The molecule has 6 unspecified atom stereocenters. The summed E-state index contributed by atoms with van der Waals surface area (Å²) >= 11 is 0. The van der Waals surface area contributed by atoms with Gasteiger partial charge in [0.25, 0.3) is 0 Å². The standard InChI is InChI=1S/C21H36O2/c1-13(2)16-7-6-8-17(12-16)20(21(22)23)18-9-10-19(14(3)4)15(5)11-18/h14-20H,1,6-12H2,2-5H3,(H,22,23). The fourth-order valence-electron chi connectivity index (χ4n) is 5.57. The molecule has 2 aliphatic rings. The van der Waals surface area contributed by atoms with Crippen LogP contribution in [0, 0.1) is 41.4 Å². The predicted molar refractivity (Wildman–Crippen MR) is 96.2 cm³/mol. The number of aliphatic carboxylic acids is 1. The molecule has 2 nitrogen and oxygen atoms in total. The molecule has 1 N–H and O–H groups in total. The maximum Gasteiger partial charge on any atom is 0.307 e. The van der Waals surface area contributed by atoms with Gasteiger partial charge in [-0.1, -0.05) is 39.3 Å². The first kappa shape index (κ1) is 18.5. The van der Waals surface area contributed by atoms with Crippen LogP contribution in [0.3, 0.4) is 0 Å². The molecule has 0 spiro atoms. The largest absolute Gasteiger partial charge is 0.481 e. The first-order valence-electron chi connectivity index (χ1n) is 9.69. The topological polar surface area (TPSA) is 37.3 Å². The van der Waals surface area contributed by atoms with Crippen LogP contribution in [0.2, 0.25) is 0 Å². The van der Waals surface area contributed by atoms with Crippen molar-refractivity contribution in [1.82, 2.24) is 0 Å². The number of rotatable bonds is 5. The second-order valence-electron chi connectivity index (χ2n) is 8.79. The zero-order chi connectivity index (χ0) is 17.1. The number of hydrogen-bond acceptors (Lipinski definition) is 1. The van der Waals surface area contributed by atoms with Crippen LogP contribution >= 0.6 is 0 Å². The third kappa shape index (κ3) is 4.39. The van der Waals surface area contributed by atoms with Gasteiger partial charge in [0.2, 0.25) is 0 Å². The van der Waals surface area contributed by atoms with E-state index in [1.807, 2.05) is 0 Å². The van der Waals surface area contributed by atoms with Crippen LogP contribution in [0.25, 0.3) is 0 Å². The van der Waals surface area contributed by atoms with Crippen molar-refractivity contribution in [3.05, 3.63) is 12.2 Å². The lowest BCUT2D eigenvalue weighted by Crippen LogP contribution is -2.38. The van der Waals surface area contributed by atoms with Gasteiger partial charge in [-0.05, 0) is 81.0 Å². The maximum atomic E-state index is 12.1. The smallest absolute Gasteiger partial charge is 0.307 e. The van der Waals surface area contributed by atoms with Gasteiger partial charge in [-0.15, -0.1) is 0 Å². The molecule has 2 rings (SSSR count). The average molecular weight is 321 g/mol. The second kappa shape index (κ2) is 7.85. The fourth-order valence-corrected chi connectivity index (χ4v) is 5.57. The van der Waals surface area contributed by atoms with Gasteiger partial charge in [-0.3, -0.25) is 4.79 Å². The van der Waals surface area contributed by atoms with Gasteiger partial charge in [0, 0.05) is 0 Å². The first-order chi connectivity index (χ1) is 10.8. The van der Waals surface area contributed by atoms with Gasteiger partial charge in [-0.2, -0.15) is 0 Å². The van der Waals surface area contributed by atoms with Gasteiger partial charge in [0.1, 0.15) is 0 Å². The molecule has 0 amide bonds. The number of allylic oxidation sites excluding steroid dienone is 1. The van der Waals surface area contributed by atoms with Crippen LogP contribution in [0.5, 0.6) is 0 Å². The number of hydrogen-bond donors (Lipinski definition) is 1. The van der Waals surface area contributed by atoms with Crippen molar-refractivity contribution < 1.29 is 9.90 Å². The van der Waals surface area contributed by atoms with E-state index in [1.54, 1.807) is 0 Å². The summed E-state index contributed by atoms with van der Waals surface area (Å²) in [7, 11) is 0. The highest BCUT2D eigenvalue weighted by Crippen LogP contribution is 2.46. The minimum Gasteiger partial charge on any atom is -0.481 e. The van der Waals surface area contributed by atoms with E-state index >= 15 is 0 Å². The van der Waals surface area contributed by atoms with Crippen molar-refractivity contribution in [2.24, 2.45) is 41.4 Å². The first-order valence-corrected chi connectivity index (χ1v) is 9.69. The Kier molecular flexibility index (Phi) is 6.33. The van der Waals surface area contributed by atoms with Gasteiger partial charge in [0.15, 0.2) is 0 Å². The maximum absolute atomic E-state index is 12.1. The quantitative estimate of drug-likeness (QED) is 0.652. The number of carboxylic acids is 1. The Morgan fingerprint density at radius 1 is 1.09 bits per heavy atom. The Morgan fingerprint density at radius 2 is 1.74 bits per heavy atom. The molecule has 0 saturated heterocycles. The molecular weight excluding hydrogens is 284 g/mol. The van der Waals surface area contributed by atoms with Crippen LogP contribution < -0.4 is 0 Å². The lowest BCUT2D eigenvalue weighted by molar-refractivity contribution is -0.148. The molecule has 0 aromatic carbocycles. The Bertz CT molecular complexity index is 426. The highest BCUT2D eigenvalue weighted by molar-refractivity contribution is 5.70. The molecule has 0 aromatic heterocycles. The highest BCUT2D eigenvalue weighted by Gasteiger charge is 2.41. The van der Waals surface area contributed by atoms with E-state index in [1.165, 1.54) is 24.8 Å². The van der Waals surface area contributed by atoms with Crippen molar-refractivity contribution in [2.45, 2.75) is 72.6 Å². The summed E-state index contributed by atoms with van der Waals surface area (Å²) in [6, 6.07) is 0. The average Bonchev–Trinajstić information content (AvgIpc) is 2.47. The summed E-state index contributed by atoms with van der Waals surface area (Å²) in [5.41, 5.74) is 1.25. The van der Waals surface area contributed by atoms with Crippen molar-refractivity contribution in [1.29, 1.82) is 0 Å². The van der Waals surface area contributed by atoms with Crippen LogP contribution in [-0.4, -0.2) is 11.1 Å². The molecule has 0 heterocycles. The second-order valence-corrected chi connectivity index (χ2v) is 8.79. The summed E-state index contributed by atoms with van der Waals surface area (Å²) in [4.78, 5) is 12.1. The molecule has 2 saturated carbocycles. The molecule has 2 heteroatoms. The summed E-state index contributed by atoms with van der Waals surface area (Å²) in [6.07, 6.45) is 7.94. The molecular formula is C21H36O2. The number of carbonyl (C=O) groups is 1. The summed E-state index contributed by atoms with van der Waals surface area (Å²) < 4.78 is 0. The van der Waals surface area contributed by atoms with E-state index in [9.17, 15) is 9.90 Å². The van der Waals surface area contributed by atoms with Gasteiger partial charge in [-0.25, -0.2) is 0 Å². The molecule has 2 aliphatic carbocycles. The van der Waals surface area contributed by atoms with E-state index in [2.05, 4.69) is 34.3 Å². The predicted octanol–water partition coefficient (Wildman–Crippen LogP) is 5.78. The van der Waals surface area contributed by atoms with E-state index in [-0.39, 0.29) is 5.92 Å². The Labute approximate surface area is 142 Å². The monoisotopic (exact) mass is 320 g/mol. The molecule has 132 valence electrons. The number of carboxylic acid groups (broad SMARTS) is 1. The third-order valence-electron chi connectivity index (χ3n) is 6.85. The highest BCUT2D eigenvalue weighted by atomic mass is 16.4. The summed E-state index contributed by atoms with van der Waals surface area (Å²) in [5, 5.41) is 9.94. The van der Waals surface area contributed by atoms with Crippen LogP contribution in [0.4, 0.5) is 0 Å². The van der Waals surface area contributed by atoms with Crippen molar-refractivity contribution in [2.75, 3.05) is 0 Å². The molecule has 0 aromatic rings. The van der Waals surface area contributed by atoms with Gasteiger partial charge < -0.3 is 5.11 Å². The van der Waals surface area contributed by atoms with Crippen molar-refractivity contribution in [3.8, 4) is 0 Å². The SMILES string of the molecule is C=C(C)C1CCCC(C(C(=O)O)C2CCC(C(C)C)C(C)C2)C1. The molecule has 0 radical (unpaired) electrons.